The van der Waals surface area contributed by atoms with Crippen LogP contribution in [0.5, 0.6) is 0 Å². The van der Waals surface area contributed by atoms with Gasteiger partial charge in [0, 0.05) is 17.7 Å². The molecule has 0 aliphatic heterocycles. The summed E-state index contributed by atoms with van der Waals surface area (Å²) in [6.07, 6.45) is 0.465. The van der Waals surface area contributed by atoms with Gasteiger partial charge in [0.1, 0.15) is 5.52 Å². The number of carbonyl (C=O) groups excluding carboxylic acids is 1. The van der Waals surface area contributed by atoms with E-state index in [2.05, 4.69) is 10.3 Å². The van der Waals surface area contributed by atoms with Crippen LogP contribution in [0.3, 0.4) is 0 Å². The summed E-state index contributed by atoms with van der Waals surface area (Å²) < 4.78 is 5.78. The summed E-state index contributed by atoms with van der Waals surface area (Å²) in [5, 5.41) is 2.81. The molecule has 0 radical (unpaired) electrons. The molecule has 1 N–H and O–H groups in total. The molecule has 1 aromatic heterocycles. The van der Waals surface area contributed by atoms with Crippen molar-refractivity contribution in [1.82, 2.24) is 4.98 Å². The molecule has 0 saturated carbocycles. The fourth-order valence-electron chi connectivity index (χ4n) is 2.10. The van der Waals surface area contributed by atoms with Crippen LogP contribution in [0.25, 0.3) is 22.6 Å². The van der Waals surface area contributed by atoms with E-state index in [4.69, 9.17) is 4.42 Å². The van der Waals surface area contributed by atoms with Crippen LogP contribution < -0.4 is 5.32 Å². The molecule has 0 fully saturated rings. The van der Waals surface area contributed by atoms with Gasteiger partial charge in [0.05, 0.1) is 0 Å². The fraction of sp³-hybridized carbons (Fsp3) is 0.176. The Kier molecular flexibility index (Phi) is 3.44. The average Bonchev–Trinajstić information content (AvgIpc) is 2.90. The number of amides is 1. The first-order chi connectivity index (χ1) is 10.2. The van der Waals surface area contributed by atoms with Gasteiger partial charge < -0.3 is 9.73 Å². The van der Waals surface area contributed by atoms with Crippen LogP contribution in [0.4, 0.5) is 5.69 Å². The van der Waals surface area contributed by atoms with Gasteiger partial charge in [-0.2, -0.15) is 0 Å². The Morgan fingerprint density at radius 3 is 2.67 bits per heavy atom. The quantitative estimate of drug-likeness (QED) is 0.784. The Labute approximate surface area is 122 Å². The number of oxazole rings is 1. The monoisotopic (exact) mass is 280 g/mol. The summed E-state index contributed by atoms with van der Waals surface area (Å²) >= 11 is 0. The maximum absolute atomic E-state index is 11.3. The molecule has 0 spiro atoms. The van der Waals surface area contributed by atoms with Crippen LogP contribution in [0.15, 0.2) is 46.9 Å². The smallest absolute Gasteiger partial charge is 0.227 e. The van der Waals surface area contributed by atoms with Crippen LogP contribution in [0.1, 0.15) is 18.9 Å². The number of hydrogen-bond donors (Lipinski definition) is 1. The van der Waals surface area contributed by atoms with Crippen molar-refractivity contribution in [2.24, 2.45) is 0 Å². The summed E-state index contributed by atoms with van der Waals surface area (Å²) in [5.41, 5.74) is 4.44. The number of anilines is 1. The summed E-state index contributed by atoms with van der Waals surface area (Å²) in [7, 11) is 0. The predicted molar refractivity (Wildman–Crippen MR) is 83.1 cm³/mol. The van der Waals surface area contributed by atoms with E-state index in [0.717, 1.165) is 27.9 Å². The minimum absolute atomic E-state index is 0.0000808. The molecule has 0 saturated heterocycles. The van der Waals surface area contributed by atoms with Crippen molar-refractivity contribution in [3.05, 3.63) is 48.0 Å². The fourth-order valence-corrected chi connectivity index (χ4v) is 2.10. The molecular weight excluding hydrogens is 264 g/mol. The van der Waals surface area contributed by atoms with Gasteiger partial charge in [-0.15, -0.1) is 0 Å². The van der Waals surface area contributed by atoms with Gasteiger partial charge in [-0.3, -0.25) is 4.79 Å². The third kappa shape index (κ3) is 2.79. The SMILES string of the molecule is CCC(=O)Nc1ccc(-c2nc3ccc(C)cc3o2)cc1. The first-order valence-corrected chi connectivity index (χ1v) is 6.93. The third-order valence-electron chi connectivity index (χ3n) is 3.28. The topological polar surface area (TPSA) is 55.1 Å². The Morgan fingerprint density at radius 1 is 1.19 bits per heavy atom. The van der Waals surface area contributed by atoms with E-state index in [0.29, 0.717) is 12.3 Å². The van der Waals surface area contributed by atoms with Crippen molar-refractivity contribution in [2.75, 3.05) is 5.32 Å². The van der Waals surface area contributed by atoms with E-state index < -0.39 is 0 Å². The van der Waals surface area contributed by atoms with Crippen molar-refractivity contribution in [2.45, 2.75) is 20.3 Å². The molecule has 0 unspecified atom stereocenters. The van der Waals surface area contributed by atoms with Gasteiger partial charge in [-0.05, 0) is 48.9 Å². The first kappa shape index (κ1) is 13.4. The number of rotatable bonds is 3. The normalized spacial score (nSPS) is 10.8. The van der Waals surface area contributed by atoms with E-state index in [1.165, 1.54) is 0 Å². The van der Waals surface area contributed by atoms with Gasteiger partial charge in [-0.25, -0.2) is 4.98 Å². The molecule has 0 atom stereocenters. The highest BCUT2D eigenvalue weighted by Crippen LogP contribution is 2.25. The molecule has 0 bridgehead atoms. The van der Waals surface area contributed by atoms with E-state index in [1.54, 1.807) is 0 Å². The lowest BCUT2D eigenvalue weighted by Crippen LogP contribution is -2.08. The molecule has 1 heterocycles. The first-order valence-electron chi connectivity index (χ1n) is 6.93. The van der Waals surface area contributed by atoms with Crippen molar-refractivity contribution in [3.8, 4) is 11.5 Å². The molecule has 0 aliphatic rings. The van der Waals surface area contributed by atoms with Crippen LogP contribution in [-0.4, -0.2) is 10.9 Å². The summed E-state index contributed by atoms with van der Waals surface area (Å²) in [6.45, 7) is 3.84. The second-order valence-corrected chi connectivity index (χ2v) is 4.97. The van der Waals surface area contributed by atoms with Gasteiger partial charge in [0.15, 0.2) is 5.58 Å². The average molecular weight is 280 g/mol. The van der Waals surface area contributed by atoms with E-state index in [-0.39, 0.29) is 5.91 Å². The van der Waals surface area contributed by atoms with Gasteiger partial charge in [0.2, 0.25) is 11.8 Å². The number of nitrogens with zero attached hydrogens (tertiary/aromatic N) is 1. The van der Waals surface area contributed by atoms with E-state index in [1.807, 2.05) is 56.3 Å². The lowest BCUT2D eigenvalue weighted by atomic mass is 10.2. The minimum Gasteiger partial charge on any atom is -0.436 e. The van der Waals surface area contributed by atoms with Crippen molar-refractivity contribution in [3.63, 3.8) is 0 Å². The van der Waals surface area contributed by atoms with Crippen LogP contribution >= 0.6 is 0 Å². The number of fused-ring (bicyclic) bond motifs is 1. The summed E-state index contributed by atoms with van der Waals surface area (Å²) in [6, 6.07) is 13.4. The lowest BCUT2D eigenvalue weighted by Gasteiger charge is -2.03. The van der Waals surface area contributed by atoms with E-state index >= 15 is 0 Å². The molecule has 3 aromatic rings. The number of hydrogen-bond acceptors (Lipinski definition) is 3. The zero-order valence-corrected chi connectivity index (χ0v) is 12.0. The maximum atomic E-state index is 11.3. The number of aryl methyl sites for hydroxylation is 1. The second kappa shape index (κ2) is 5.40. The molecule has 106 valence electrons. The van der Waals surface area contributed by atoms with E-state index in [9.17, 15) is 4.79 Å². The highest BCUT2D eigenvalue weighted by molar-refractivity contribution is 5.90. The number of carbonyl (C=O) groups is 1. The highest BCUT2D eigenvalue weighted by Gasteiger charge is 2.08. The molecule has 4 heteroatoms. The predicted octanol–water partition coefficient (Wildman–Crippen LogP) is 4.15. The summed E-state index contributed by atoms with van der Waals surface area (Å²) in [5.74, 6) is 0.587. The highest BCUT2D eigenvalue weighted by atomic mass is 16.3. The molecule has 0 aliphatic carbocycles. The Hall–Kier alpha value is -2.62. The molecule has 2 aromatic carbocycles. The minimum atomic E-state index is 0.0000808. The van der Waals surface area contributed by atoms with Crippen LogP contribution in [0, 0.1) is 6.92 Å². The molecule has 1 amide bonds. The Morgan fingerprint density at radius 2 is 1.95 bits per heavy atom. The van der Waals surface area contributed by atoms with Gasteiger partial charge in [0.25, 0.3) is 0 Å². The second-order valence-electron chi connectivity index (χ2n) is 4.97. The number of aromatic nitrogens is 1. The molecular formula is C17H16N2O2. The third-order valence-corrected chi connectivity index (χ3v) is 3.28. The molecule has 4 nitrogen and oxygen atoms in total. The standard InChI is InChI=1S/C17H16N2O2/c1-3-16(20)18-13-7-5-12(6-8-13)17-19-14-9-4-11(2)10-15(14)21-17/h4-10H,3H2,1-2H3,(H,18,20). The van der Waals surface area contributed by atoms with Crippen LogP contribution in [-0.2, 0) is 4.79 Å². The maximum Gasteiger partial charge on any atom is 0.227 e. The van der Waals surface area contributed by atoms with Gasteiger partial charge >= 0.3 is 0 Å². The van der Waals surface area contributed by atoms with Crippen molar-refractivity contribution >= 4 is 22.7 Å². The van der Waals surface area contributed by atoms with Crippen molar-refractivity contribution < 1.29 is 9.21 Å². The number of benzene rings is 2. The van der Waals surface area contributed by atoms with Gasteiger partial charge in [-0.1, -0.05) is 13.0 Å². The zero-order valence-electron chi connectivity index (χ0n) is 12.0. The van der Waals surface area contributed by atoms with Crippen molar-refractivity contribution in [1.29, 1.82) is 0 Å². The largest absolute Gasteiger partial charge is 0.436 e. The van der Waals surface area contributed by atoms with Crippen LogP contribution in [0.2, 0.25) is 0 Å². The lowest BCUT2D eigenvalue weighted by molar-refractivity contribution is -0.115. The Bertz CT molecular complexity index is 788. The molecule has 3 rings (SSSR count). The number of nitrogens with one attached hydrogen (secondary N) is 1. The Balaban J connectivity index is 1.90. The summed E-state index contributed by atoms with van der Waals surface area (Å²) in [4.78, 5) is 15.8. The molecule has 21 heavy (non-hydrogen) atoms. The zero-order chi connectivity index (χ0) is 14.8.